The van der Waals surface area contributed by atoms with E-state index in [9.17, 15) is 9.59 Å². The van der Waals surface area contributed by atoms with E-state index < -0.39 is 0 Å². The SMILES string of the molecule is O=C(NCc1ccccc1)c1cc(-c2cc(C(=O)NCc3ccccc3)cc3ccccc23)c2ccccc2c1. The maximum atomic E-state index is 13.3. The Labute approximate surface area is 233 Å². The van der Waals surface area contributed by atoms with E-state index in [1.54, 1.807) is 0 Å². The highest BCUT2D eigenvalue weighted by atomic mass is 16.2. The van der Waals surface area contributed by atoms with E-state index in [-0.39, 0.29) is 11.8 Å². The molecule has 0 aliphatic carbocycles. The normalized spacial score (nSPS) is 10.9. The third-order valence-electron chi connectivity index (χ3n) is 7.13. The zero-order chi connectivity index (χ0) is 27.3. The zero-order valence-electron chi connectivity index (χ0n) is 21.9. The van der Waals surface area contributed by atoms with Crippen molar-refractivity contribution in [3.63, 3.8) is 0 Å². The number of nitrogens with one attached hydrogen (secondary N) is 2. The highest BCUT2D eigenvalue weighted by molar-refractivity contribution is 6.11. The van der Waals surface area contributed by atoms with E-state index in [1.165, 1.54) is 0 Å². The molecule has 2 N–H and O–H groups in total. The minimum atomic E-state index is -0.142. The predicted octanol–water partition coefficient (Wildman–Crippen LogP) is 7.52. The fourth-order valence-corrected chi connectivity index (χ4v) is 5.09. The lowest BCUT2D eigenvalue weighted by Crippen LogP contribution is -2.23. The van der Waals surface area contributed by atoms with Crippen LogP contribution < -0.4 is 10.6 Å². The van der Waals surface area contributed by atoms with Gasteiger partial charge in [0.2, 0.25) is 0 Å². The summed E-state index contributed by atoms with van der Waals surface area (Å²) in [6.45, 7) is 0.893. The van der Waals surface area contributed by atoms with Crippen molar-refractivity contribution in [2.24, 2.45) is 0 Å². The van der Waals surface area contributed by atoms with Gasteiger partial charge < -0.3 is 10.6 Å². The van der Waals surface area contributed by atoms with E-state index in [0.29, 0.717) is 24.2 Å². The molecule has 0 heterocycles. The van der Waals surface area contributed by atoms with Crippen LogP contribution >= 0.6 is 0 Å². The Kier molecular flexibility index (Phi) is 7.06. The molecule has 0 fully saturated rings. The van der Waals surface area contributed by atoms with Crippen LogP contribution in [0.3, 0.4) is 0 Å². The average molecular weight is 521 g/mol. The van der Waals surface area contributed by atoms with E-state index in [0.717, 1.165) is 43.8 Å². The number of amides is 2. The molecule has 0 bridgehead atoms. The van der Waals surface area contributed by atoms with E-state index in [2.05, 4.69) is 22.8 Å². The van der Waals surface area contributed by atoms with Crippen molar-refractivity contribution in [2.75, 3.05) is 0 Å². The van der Waals surface area contributed by atoms with Crippen LogP contribution in [0.25, 0.3) is 32.7 Å². The lowest BCUT2D eigenvalue weighted by molar-refractivity contribution is 0.0943. The van der Waals surface area contributed by atoms with Gasteiger partial charge in [-0.05, 0) is 68.1 Å². The highest BCUT2D eigenvalue weighted by Crippen LogP contribution is 2.36. The molecule has 6 aromatic carbocycles. The van der Waals surface area contributed by atoms with Crippen molar-refractivity contribution in [2.45, 2.75) is 13.1 Å². The summed E-state index contributed by atoms with van der Waals surface area (Å²) in [4.78, 5) is 26.7. The Morgan fingerprint density at radius 3 is 1.25 bits per heavy atom. The minimum absolute atomic E-state index is 0.142. The number of rotatable bonds is 7. The van der Waals surface area contributed by atoms with E-state index in [4.69, 9.17) is 0 Å². The van der Waals surface area contributed by atoms with Crippen LogP contribution in [0.4, 0.5) is 0 Å². The molecule has 4 nitrogen and oxygen atoms in total. The Morgan fingerprint density at radius 1 is 0.450 bits per heavy atom. The summed E-state index contributed by atoms with van der Waals surface area (Å²) < 4.78 is 0. The average Bonchev–Trinajstić information content (AvgIpc) is 3.02. The summed E-state index contributed by atoms with van der Waals surface area (Å²) in [5, 5.41) is 10.1. The van der Waals surface area contributed by atoms with Gasteiger partial charge in [-0.1, -0.05) is 109 Å². The standard InChI is InChI=1S/C36H28N2O2/c39-35(37-23-25-11-3-1-4-12-25)29-19-27-15-7-9-17-31(27)33(21-29)34-22-30(20-28-16-8-10-18-32(28)34)36(40)38-24-26-13-5-2-6-14-26/h1-22H,23-24H2,(H,37,39)(H,38,40). The summed E-state index contributed by atoms with van der Waals surface area (Å²) in [5.74, 6) is -0.283. The molecular formula is C36H28N2O2. The van der Waals surface area contributed by atoms with Crippen LogP contribution in [0.5, 0.6) is 0 Å². The molecule has 0 aliphatic heterocycles. The van der Waals surface area contributed by atoms with Crippen LogP contribution in [0, 0.1) is 0 Å². The molecule has 40 heavy (non-hydrogen) atoms. The molecule has 2 amide bonds. The van der Waals surface area contributed by atoms with Gasteiger partial charge in [0.05, 0.1) is 0 Å². The van der Waals surface area contributed by atoms with Gasteiger partial charge >= 0.3 is 0 Å². The molecule has 0 saturated heterocycles. The maximum absolute atomic E-state index is 13.3. The second-order valence-electron chi connectivity index (χ2n) is 9.83. The molecular weight excluding hydrogens is 492 g/mol. The summed E-state index contributed by atoms with van der Waals surface area (Å²) >= 11 is 0. The zero-order valence-corrected chi connectivity index (χ0v) is 21.9. The van der Waals surface area contributed by atoms with E-state index in [1.807, 2.05) is 121 Å². The van der Waals surface area contributed by atoms with Crippen LogP contribution in [-0.2, 0) is 13.1 Å². The summed E-state index contributed by atoms with van der Waals surface area (Å²) in [6.07, 6.45) is 0. The van der Waals surface area contributed by atoms with Crippen LogP contribution in [-0.4, -0.2) is 11.8 Å². The van der Waals surface area contributed by atoms with Gasteiger partial charge in [0, 0.05) is 24.2 Å². The third kappa shape index (κ3) is 5.33. The minimum Gasteiger partial charge on any atom is -0.348 e. The van der Waals surface area contributed by atoms with Crippen molar-refractivity contribution in [3.8, 4) is 11.1 Å². The van der Waals surface area contributed by atoms with Gasteiger partial charge in [0.1, 0.15) is 0 Å². The Morgan fingerprint density at radius 2 is 0.825 bits per heavy atom. The molecule has 6 rings (SSSR count). The van der Waals surface area contributed by atoms with Gasteiger partial charge in [-0.3, -0.25) is 9.59 Å². The quantitative estimate of drug-likeness (QED) is 0.229. The molecule has 0 radical (unpaired) electrons. The first-order valence-corrected chi connectivity index (χ1v) is 13.4. The van der Waals surface area contributed by atoms with Crippen LogP contribution in [0.15, 0.2) is 133 Å². The molecule has 0 saturated carbocycles. The Balaban J connectivity index is 1.41. The van der Waals surface area contributed by atoms with Crippen molar-refractivity contribution >= 4 is 33.4 Å². The molecule has 0 aromatic heterocycles. The Bertz CT molecular complexity index is 1690. The number of benzene rings is 6. The number of hydrogen-bond acceptors (Lipinski definition) is 2. The topological polar surface area (TPSA) is 58.2 Å². The first-order valence-electron chi connectivity index (χ1n) is 13.4. The maximum Gasteiger partial charge on any atom is 0.251 e. The fourth-order valence-electron chi connectivity index (χ4n) is 5.09. The largest absolute Gasteiger partial charge is 0.348 e. The van der Waals surface area contributed by atoms with Crippen molar-refractivity contribution < 1.29 is 9.59 Å². The fraction of sp³-hybridized carbons (Fsp3) is 0.0556. The summed E-state index contributed by atoms with van der Waals surface area (Å²) in [6, 6.07) is 43.6. The predicted molar refractivity (Wildman–Crippen MR) is 162 cm³/mol. The number of fused-ring (bicyclic) bond motifs is 2. The highest BCUT2D eigenvalue weighted by Gasteiger charge is 2.16. The first kappa shape index (κ1) is 25.1. The molecule has 6 aromatic rings. The van der Waals surface area contributed by atoms with Crippen molar-refractivity contribution in [3.05, 3.63) is 156 Å². The van der Waals surface area contributed by atoms with Gasteiger partial charge in [-0.25, -0.2) is 0 Å². The van der Waals surface area contributed by atoms with Crippen LogP contribution in [0.1, 0.15) is 31.8 Å². The second kappa shape index (κ2) is 11.3. The van der Waals surface area contributed by atoms with Gasteiger partial charge in [-0.2, -0.15) is 0 Å². The molecule has 0 aliphatic rings. The molecule has 194 valence electrons. The number of hydrogen-bond donors (Lipinski definition) is 2. The molecule has 0 atom stereocenters. The molecule has 0 spiro atoms. The molecule has 0 unspecified atom stereocenters. The smallest absolute Gasteiger partial charge is 0.251 e. The van der Waals surface area contributed by atoms with Crippen molar-refractivity contribution in [1.29, 1.82) is 0 Å². The van der Waals surface area contributed by atoms with E-state index >= 15 is 0 Å². The van der Waals surface area contributed by atoms with Crippen LogP contribution in [0.2, 0.25) is 0 Å². The monoisotopic (exact) mass is 520 g/mol. The summed E-state index contributed by atoms with van der Waals surface area (Å²) in [5.41, 5.74) is 5.06. The third-order valence-corrected chi connectivity index (χ3v) is 7.13. The lowest BCUT2D eigenvalue weighted by atomic mass is 9.90. The van der Waals surface area contributed by atoms with Gasteiger partial charge in [-0.15, -0.1) is 0 Å². The number of carbonyl (C=O) groups excluding carboxylic acids is 2. The summed E-state index contributed by atoms with van der Waals surface area (Å²) in [7, 11) is 0. The Hall–Kier alpha value is -5.22. The van der Waals surface area contributed by atoms with Gasteiger partial charge in [0.15, 0.2) is 0 Å². The number of carbonyl (C=O) groups is 2. The lowest BCUT2D eigenvalue weighted by Gasteiger charge is -2.15. The van der Waals surface area contributed by atoms with Gasteiger partial charge in [0.25, 0.3) is 11.8 Å². The molecule has 4 heteroatoms. The second-order valence-corrected chi connectivity index (χ2v) is 9.83. The first-order chi connectivity index (χ1) is 19.7. The van der Waals surface area contributed by atoms with Crippen molar-refractivity contribution in [1.82, 2.24) is 10.6 Å².